The molecule has 19 heavy (non-hydrogen) atoms. The molecule has 2 aromatic rings. The predicted molar refractivity (Wildman–Crippen MR) is 79.2 cm³/mol. The Labute approximate surface area is 115 Å². The van der Waals surface area contributed by atoms with E-state index in [1.807, 2.05) is 44.2 Å². The van der Waals surface area contributed by atoms with E-state index in [1.54, 1.807) is 0 Å². The van der Waals surface area contributed by atoms with Crippen molar-refractivity contribution >= 4 is 10.8 Å². The largest absolute Gasteiger partial charge is 0.386 e. The minimum absolute atomic E-state index is 0.189. The number of aliphatic hydroxyl groups excluding tert-OH is 1. The lowest BCUT2D eigenvalue weighted by Gasteiger charge is -2.25. The van der Waals surface area contributed by atoms with Crippen LogP contribution in [0.25, 0.3) is 10.8 Å². The van der Waals surface area contributed by atoms with Crippen LogP contribution in [0.15, 0.2) is 42.5 Å². The van der Waals surface area contributed by atoms with Gasteiger partial charge in [-0.2, -0.15) is 0 Å². The normalized spacial score (nSPS) is 13.7. The molecule has 0 bridgehead atoms. The third-order valence-corrected chi connectivity index (χ3v) is 3.67. The summed E-state index contributed by atoms with van der Waals surface area (Å²) < 4.78 is 5.79. The molecule has 2 aromatic carbocycles. The van der Waals surface area contributed by atoms with Crippen molar-refractivity contribution in [3.8, 4) is 0 Å². The molecule has 0 aromatic heterocycles. The third-order valence-electron chi connectivity index (χ3n) is 3.67. The Kier molecular flexibility index (Phi) is 4.23. The molecule has 0 saturated heterocycles. The van der Waals surface area contributed by atoms with Crippen LogP contribution >= 0.6 is 0 Å². The lowest BCUT2D eigenvalue weighted by atomic mass is 10.0. The highest BCUT2D eigenvalue weighted by Gasteiger charge is 2.19. The molecule has 0 heterocycles. The maximum Gasteiger partial charge on any atom is 0.103 e. The van der Waals surface area contributed by atoms with Gasteiger partial charge in [0, 0.05) is 0 Å². The summed E-state index contributed by atoms with van der Waals surface area (Å²) in [4.78, 5) is 0. The van der Waals surface area contributed by atoms with E-state index in [0.717, 1.165) is 22.8 Å². The van der Waals surface area contributed by atoms with Crippen molar-refractivity contribution in [3.63, 3.8) is 0 Å². The molecular weight excluding hydrogens is 236 g/mol. The monoisotopic (exact) mass is 258 g/mol. The fourth-order valence-corrected chi connectivity index (χ4v) is 2.04. The number of fused-ring (bicyclic) bond motifs is 1. The molecule has 0 fully saturated rings. The predicted octanol–water partition coefficient (Wildman–Crippen LogP) is 4.08. The quantitative estimate of drug-likeness (QED) is 0.875. The smallest absolute Gasteiger partial charge is 0.103 e. The van der Waals surface area contributed by atoms with Gasteiger partial charge in [-0.3, -0.25) is 0 Å². The van der Waals surface area contributed by atoms with Crippen LogP contribution in [-0.4, -0.2) is 17.3 Å². The highest BCUT2D eigenvalue weighted by atomic mass is 16.5. The summed E-state index contributed by atoms with van der Waals surface area (Å²) >= 11 is 0. The van der Waals surface area contributed by atoms with E-state index in [-0.39, 0.29) is 5.60 Å². The number of hydrogen-bond donors (Lipinski definition) is 1. The van der Waals surface area contributed by atoms with E-state index in [2.05, 4.69) is 19.1 Å². The average molecular weight is 258 g/mol. The Morgan fingerprint density at radius 3 is 2.53 bits per heavy atom. The zero-order valence-corrected chi connectivity index (χ0v) is 11.9. The van der Waals surface area contributed by atoms with Gasteiger partial charge in [-0.25, -0.2) is 0 Å². The highest BCUT2D eigenvalue weighted by Crippen LogP contribution is 2.26. The van der Waals surface area contributed by atoms with Gasteiger partial charge < -0.3 is 9.84 Å². The molecule has 0 aliphatic heterocycles. The van der Waals surface area contributed by atoms with Gasteiger partial charge in [0.2, 0.25) is 0 Å². The number of rotatable bonds is 5. The fourth-order valence-electron chi connectivity index (χ4n) is 2.04. The SMILES string of the molecule is CCC(C)(C)OCC(O)c1cccc2ccccc12. The molecule has 1 N–H and O–H groups in total. The van der Waals surface area contributed by atoms with Crippen molar-refractivity contribution in [1.29, 1.82) is 0 Å². The van der Waals surface area contributed by atoms with Gasteiger partial charge in [-0.15, -0.1) is 0 Å². The lowest BCUT2D eigenvalue weighted by molar-refractivity contribution is -0.0615. The van der Waals surface area contributed by atoms with Gasteiger partial charge in [0.25, 0.3) is 0 Å². The molecule has 0 spiro atoms. The van der Waals surface area contributed by atoms with E-state index < -0.39 is 6.10 Å². The summed E-state index contributed by atoms with van der Waals surface area (Å²) in [7, 11) is 0. The van der Waals surface area contributed by atoms with Crippen LogP contribution in [0.4, 0.5) is 0 Å². The fraction of sp³-hybridized carbons (Fsp3) is 0.412. The first-order valence-electron chi connectivity index (χ1n) is 6.83. The van der Waals surface area contributed by atoms with E-state index in [1.165, 1.54) is 0 Å². The zero-order valence-electron chi connectivity index (χ0n) is 11.9. The van der Waals surface area contributed by atoms with Crippen molar-refractivity contribution in [2.45, 2.75) is 38.9 Å². The van der Waals surface area contributed by atoms with Gasteiger partial charge >= 0.3 is 0 Å². The van der Waals surface area contributed by atoms with Crippen LogP contribution in [0, 0.1) is 0 Å². The first-order valence-corrected chi connectivity index (χ1v) is 6.83. The first-order chi connectivity index (χ1) is 9.03. The molecule has 2 rings (SSSR count). The molecule has 2 heteroatoms. The van der Waals surface area contributed by atoms with Crippen LogP contribution in [0.5, 0.6) is 0 Å². The summed E-state index contributed by atoms with van der Waals surface area (Å²) in [6, 6.07) is 14.1. The van der Waals surface area contributed by atoms with Crippen molar-refractivity contribution in [2.75, 3.05) is 6.61 Å². The second-order valence-electron chi connectivity index (χ2n) is 5.51. The average Bonchev–Trinajstić information content (AvgIpc) is 2.44. The Bertz CT molecular complexity index is 540. The molecule has 102 valence electrons. The van der Waals surface area contributed by atoms with E-state index in [9.17, 15) is 5.11 Å². The standard InChI is InChI=1S/C17H22O2/c1-4-17(2,3)19-12-16(18)15-11-7-9-13-8-5-6-10-14(13)15/h5-11,16,18H,4,12H2,1-3H3. The summed E-state index contributed by atoms with van der Waals surface area (Å²) in [5, 5.41) is 12.6. The highest BCUT2D eigenvalue weighted by molar-refractivity contribution is 5.85. The van der Waals surface area contributed by atoms with Crippen molar-refractivity contribution < 1.29 is 9.84 Å². The maximum atomic E-state index is 10.4. The Morgan fingerprint density at radius 1 is 1.11 bits per heavy atom. The van der Waals surface area contributed by atoms with Crippen LogP contribution in [0.3, 0.4) is 0 Å². The number of hydrogen-bond acceptors (Lipinski definition) is 2. The molecule has 1 atom stereocenters. The summed E-state index contributed by atoms with van der Waals surface area (Å²) in [5.74, 6) is 0. The van der Waals surface area contributed by atoms with E-state index in [4.69, 9.17) is 4.74 Å². The minimum Gasteiger partial charge on any atom is -0.386 e. The lowest BCUT2D eigenvalue weighted by Crippen LogP contribution is -2.25. The van der Waals surface area contributed by atoms with E-state index >= 15 is 0 Å². The topological polar surface area (TPSA) is 29.5 Å². The Morgan fingerprint density at radius 2 is 1.79 bits per heavy atom. The first kappa shape index (κ1) is 14.0. The Balaban J connectivity index is 2.20. The van der Waals surface area contributed by atoms with Crippen LogP contribution in [0.2, 0.25) is 0 Å². The molecule has 0 aliphatic carbocycles. The summed E-state index contributed by atoms with van der Waals surface area (Å²) in [6.07, 6.45) is 0.340. The molecule has 0 amide bonds. The second kappa shape index (κ2) is 5.72. The van der Waals surface area contributed by atoms with Crippen LogP contribution in [-0.2, 0) is 4.74 Å². The number of ether oxygens (including phenoxy) is 1. The zero-order chi connectivity index (χ0) is 13.9. The molecule has 0 aliphatic rings. The maximum absolute atomic E-state index is 10.4. The van der Waals surface area contributed by atoms with Gasteiger partial charge in [0.1, 0.15) is 6.10 Å². The van der Waals surface area contributed by atoms with E-state index in [0.29, 0.717) is 6.61 Å². The van der Waals surface area contributed by atoms with Crippen LogP contribution in [0.1, 0.15) is 38.9 Å². The van der Waals surface area contributed by atoms with Crippen molar-refractivity contribution in [2.24, 2.45) is 0 Å². The van der Waals surface area contributed by atoms with Gasteiger partial charge in [-0.05, 0) is 36.6 Å². The minimum atomic E-state index is -0.586. The number of benzene rings is 2. The summed E-state index contributed by atoms with van der Waals surface area (Å²) in [6.45, 7) is 6.50. The molecule has 0 saturated carbocycles. The molecule has 1 unspecified atom stereocenters. The van der Waals surface area contributed by atoms with Gasteiger partial charge in [0.15, 0.2) is 0 Å². The van der Waals surface area contributed by atoms with Crippen molar-refractivity contribution in [1.82, 2.24) is 0 Å². The second-order valence-corrected chi connectivity index (χ2v) is 5.51. The molecule has 0 radical (unpaired) electrons. The van der Waals surface area contributed by atoms with Gasteiger partial charge in [-0.1, -0.05) is 49.4 Å². The third kappa shape index (κ3) is 3.34. The number of aliphatic hydroxyl groups is 1. The molecule has 2 nitrogen and oxygen atoms in total. The van der Waals surface area contributed by atoms with Gasteiger partial charge in [0.05, 0.1) is 12.2 Å². The van der Waals surface area contributed by atoms with Crippen molar-refractivity contribution in [3.05, 3.63) is 48.0 Å². The Hall–Kier alpha value is -1.38. The summed E-state index contributed by atoms with van der Waals surface area (Å²) in [5.41, 5.74) is 0.746. The molecular formula is C17H22O2. The van der Waals surface area contributed by atoms with Crippen LogP contribution < -0.4 is 0 Å².